The normalized spacial score (nSPS) is 17.5. The van der Waals surface area contributed by atoms with Crippen LogP contribution in [0.4, 0.5) is 4.79 Å². The van der Waals surface area contributed by atoms with E-state index in [9.17, 15) is 4.79 Å². The van der Waals surface area contributed by atoms with Crippen LogP contribution < -0.4 is 4.74 Å². The average molecular weight is 356 g/mol. The van der Waals surface area contributed by atoms with Crippen molar-refractivity contribution in [2.45, 2.75) is 52.4 Å². The van der Waals surface area contributed by atoms with Crippen LogP contribution in [0.5, 0.6) is 5.75 Å². The molecule has 1 aliphatic rings. The molecule has 1 aliphatic heterocycles. The number of para-hydroxylation sites is 1. The number of hydrogen-bond donors (Lipinski definition) is 0. The van der Waals surface area contributed by atoms with Gasteiger partial charge in [-0.3, -0.25) is 4.90 Å². The molecule has 1 heterocycles. The summed E-state index contributed by atoms with van der Waals surface area (Å²) >= 11 is 3.51. The molecule has 0 unspecified atom stereocenters. The van der Waals surface area contributed by atoms with E-state index < -0.39 is 11.2 Å². The van der Waals surface area contributed by atoms with Crippen LogP contribution in [0.3, 0.4) is 0 Å². The van der Waals surface area contributed by atoms with Crippen molar-refractivity contribution in [3.05, 3.63) is 28.2 Å². The number of amides is 1. The monoisotopic (exact) mass is 355 g/mol. The maximum absolute atomic E-state index is 12.4. The van der Waals surface area contributed by atoms with Crippen LogP contribution in [0, 0.1) is 0 Å². The highest BCUT2D eigenvalue weighted by molar-refractivity contribution is 9.10. The molecule has 1 aromatic carbocycles. The van der Waals surface area contributed by atoms with E-state index in [-0.39, 0.29) is 6.09 Å². The Hall–Kier alpha value is -1.23. The summed E-state index contributed by atoms with van der Waals surface area (Å²) in [5, 5.41) is 0. The standard InChI is InChI=1S/C16H22BrNO3/c1-15(2,3)21-14(19)18-9-11-7-6-8-12(17)13(11)20-16(4,5)10-18/h6-8H,9-10H2,1-5H3. The lowest BCUT2D eigenvalue weighted by Gasteiger charge is -2.31. The zero-order chi connectivity index (χ0) is 15.8. The molecule has 5 heteroatoms. The van der Waals surface area contributed by atoms with Gasteiger partial charge in [0.15, 0.2) is 0 Å². The van der Waals surface area contributed by atoms with Crippen molar-refractivity contribution in [1.82, 2.24) is 4.90 Å². The van der Waals surface area contributed by atoms with Gasteiger partial charge >= 0.3 is 6.09 Å². The highest BCUT2D eigenvalue weighted by Gasteiger charge is 2.34. The summed E-state index contributed by atoms with van der Waals surface area (Å²) < 4.78 is 12.5. The number of rotatable bonds is 0. The Labute approximate surface area is 134 Å². The lowest BCUT2D eigenvalue weighted by Crippen LogP contribution is -2.45. The first kappa shape index (κ1) is 16.1. The topological polar surface area (TPSA) is 38.8 Å². The predicted octanol–water partition coefficient (Wildman–Crippen LogP) is 4.36. The Morgan fingerprint density at radius 1 is 1.38 bits per heavy atom. The molecule has 4 nitrogen and oxygen atoms in total. The first-order valence-electron chi connectivity index (χ1n) is 7.02. The number of benzene rings is 1. The lowest BCUT2D eigenvalue weighted by atomic mass is 10.1. The molecule has 0 N–H and O–H groups in total. The summed E-state index contributed by atoms with van der Waals surface area (Å²) in [5.41, 5.74) is -0.0126. The van der Waals surface area contributed by atoms with E-state index in [1.54, 1.807) is 4.90 Å². The molecule has 0 fully saturated rings. The summed E-state index contributed by atoms with van der Waals surface area (Å²) in [7, 11) is 0. The van der Waals surface area contributed by atoms with Crippen LogP contribution in [0.25, 0.3) is 0 Å². The molecule has 0 bridgehead atoms. The molecule has 0 saturated heterocycles. The number of hydrogen-bond acceptors (Lipinski definition) is 3. The highest BCUT2D eigenvalue weighted by Crippen LogP contribution is 2.36. The minimum absolute atomic E-state index is 0.313. The molecule has 0 radical (unpaired) electrons. The van der Waals surface area contributed by atoms with E-state index in [0.29, 0.717) is 13.1 Å². The Morgan fingerprint density at radius 2 is 2.05 bits per heavy atom. The van der Waals surface area contributed by atoms with E-state index >= 15 is 0 Å². The lowest BCUT2D eigenvalue weighted by molar-refractivity contribution is 0.00744. The minimum Gasteiger partial charge on any atom is -0.484 e. The molecular formula is C16H22BrNO3. The van der Waals surface area contributed by atoms with Crippen LogP contribution in [0.1, 0.15) is 40.2 Å². The van der Waals surface area contributed by atoms with Gasteiger partial charge < -0.3 is 9.47 Å². The van der Waals surface area contributed by atoms with Gasteiger partial charge in [-0.1, -0.05) is 12.1 Å². The summed E-state index contributed by atoms with van der Waals surface area (Å²) in [5.74, 6) is 0.800. The molecular weight excluding hydrogens is 334 g/mol. The molecule has 0 aliphatic carbocycles. The molecule has 0 aromatic heterocycles. The third kappa shape index (κ3) is 4.13. The number of nitrogens with zero attached hydrogens (tertiary/aromatic N) is 1. The smallest absolute Gasteiger partial charge is 0.410 e. The molecule has 1 amide bonds. The van der Waals surface area contributed by atoms with E-state index in [4.69, 9.17) is 9.47 Å². The number of fused-ring (bicyclic) bond motifs is 1. The molecule has 116 valence electrons. The van der Waals surface area contributed by atoms with Gasteiger partial charge in [0.25, 0.3) is 0 Å². The second kappa shape index (κ2) is 5.52. The van der Waals surface area contributed by atoms with Crippen molar-refractivity contribution in [2.75, 3.05) is 6.54 Å². The van der Waals surface area contributed by atoms with Gasteiger partial charge in [0.1, 0.15) is 17.0 Å². The third-order valence-electron chi connectivity index (χ3n) is 3.01. The van der Waals surface area contributed by atoms with E-state index in [2.05, 4.69) is 15.9 Å². The second-order valence-electron chi connectivity index (χ2n) is 6.93. The SMILES string of the molecule is CC(C)(C)OC(=O)N1Cc2cccc(Br)c2OC(C)(C)C1. The van der Waals surface area contributed by atoms with Crippen molar-refractivity contribution < 1.29 is 14.3 Å². The van der Waals surface area contributed by atoms with Crippen molar-refractivity contribution in [3.8, 4) is 5.75 Å². The number of ether oxygens (including phenoxy) is 2. The van der Waals surface area contributed by atoms with Crippen molar-refractivity contribution in [3.63, 3.8) is 0 Å². The second-order valence-corrected chi connectivity index (χ2v) is 7.78. The van der Waals surface area contributed by atoms with Gasteiger partial charge in [-0.2, -0.15) is 0 Å². The van der Waals surface area contributed by atoms with E-state index in [1.807, 2.05) is 52.8 Å². The van der Waals surface area contributed by atoms with Crippen LogP contribution in [0.15, 0.2) is 22.7 Å². The van der Waals surface area contributed by atoms with Gasteiger partial charge in [0.2, 0.25) is 0 Å². The Kier molecular flexibility index (Phi) is 4.24. The zero-order valence-corrected chi connectivity index (χ0v) is 14.8. The van der Waals surface area contributed by atoms with Gasteiger partial charge in [-0.15, -0.1) is 0 Å². The molecule has 0 saturated carbocycles. The largest absolute Gasteiger partial charge is 0.484 e. The fraction of sp³-hybridized carbons (Fsp3) is 0.562. The Bertz CT molecular complexity index is 549. The van der Waals surface area contributed by atoms with Gasteiger partial charge in [0, 0.05) is 5.56 Å². The molecule has 2 rings (SSSR count). The van der Waals surface area contributed by atoms with Crippen LogP contribution >= 0.6 is 15.9 Å². The summed E-state index contributed by atoms with van der Waals surface area (Å²) in [4.78, 5) is 14.1. The number of halogens is 1. The zero-order valence-electron chi connectivity index (χ0n) is 13.2. The fourth-order valence-corrected chi connectivity index (χ4v) is 2.77. The summed E-state index contributed by atoms with van der Waals surface area (Å²) in [6.45, 7) is 10.5. The minimum atomic E-state index is -0.505. The summed E-state index contributed by atoms with van der Waals surface area (Å²) in [6, 6.07) is 5.86. The maximum Gasteiger partial charge on any atom is 0.410 e. The van der Waals surface area contributed by atoms with Gasteiger partial charge in [0.05, 0.1) is 17.6 Å². The third-order valence-corrected chi connectivity index (χ3v) is 3.64. The average Bonchev–Trinajstić information content (AvgIpc) is 2.43. The molecule has 1 aromatic rings. The van der Waals surface area contributed by atoms with Gasteiger partial charge in [-0.25, -0.2) is 4.79 Å². The Balaban J connectivity index is 2.31. The highest BCUT2D eigenvalue weighted by atomic mass is 79.9. The van der Waals surface area contributed by atoms with E-state index in [1.165, 1.54) is 0 Å². The van der Waals surface area contributed by atoms with Crippen molar-refractivity contribution >= 4 is 22.0 Å². The van der Waals surface area contributed by atoms with E-state index in [0.717, 1.165) is 15.8 Å². The first-order valence-corrected chi connectivity index (χ1v) is 7.81. The van der Waals surface area contributed by atoms with Crippen LogP contribution in [-0.2, 0) is 11.3 Å². The van der Waals surface area contributed by atoms with Crippen LogP contribution in [0.2, 0.25) is 0 Å². The molecule has 21 heavy (non-hydrogen) atoms. The quantitative estimate of drug-likeness (QED) is 0.693. The van der Waals surface area contributed by atoms with Gasteiger partial charge in [-0.05, 0) is 56.6 Å². The fourth-order valence-electron chi connectivity index (χ4n) is 2.28. The maximum atomic E-state index is 12.4. The molecule has 0 spiro atoms. The van der Waals surface area contributed by atoms with Crippen molar-refractivity contribution in [1.29, 1.82) is 0 Å². The first-order chi connectivity index (χ1) is 9.57. The molecule has 0 atom stereocenters. The van der Waals surface area contributed by atoms with Crippen molar-refractivity contribution in [2.24, 2.45) is 0 Å². The predicted molar refractivity (Wildman–Crippen MR) is 85.5 cm³/mol. The Morgan fingerprint density at radius 3 is 2.67 bits per heavy atom. The van der Waals surface area contributed by atoms with Crippen LogP contribution in [-0.4, -0.2) is 28.7 Å². The number of carbonyl (C=O) groups is 1. The number of carbonyl (C=O) groups excluding carboxylic acids is 1. The summed E-state index contributed by atoms with van der Waals surface area (Å²) in [6.07, 6.45) is -0.313.